The minimum atomic E-state index is -0.0785. The van der Waals surface area contributed by atoms with E-state index < -0.39 is 0 Å². The molecule has 0 fully saturated rings. The molecule has 5 heteroatoms. The number of anilines is 1. The lowest BCUT2D eigenvalue weighted by atomic mass is 10.1. The van der Waals surface area contributed by atoms with Crippen LogP contribution in [0.4, 0.5) is 5.69 Å². The second-order valence-electron chi connectivity index (χ2n) is 6.01. The van der Waals surface area contributed by atoms with Crippen LogP contribution in [0, 0.1) is 12.8 Å². The SMILES string of the molecule is Cc1ccc(-c2noc(-c3cccc(NC(=O)C(C)C)c3)n2)cc1. The molecular weight excluding hydrogens is 302 g/mol. The van der Waals surface area contributed by atoms with Gasteiger partial charge in [-0.05, 0) is 25.1 Å². The lowest BCUT2D eigenvalue weighted by Crippen LogP contribution is -2.17. The quantitative estimate of drug-likeness (QED) is 0.777. The molecule has 1 amide bonds. The summed E-state index contributed by atoms with van der Waals surface area (Å²) in [6, 6.07) is 15.3. The van der Waals surface area contributed by atoms with Crippen molar-refractivity contribution in [3.05, 3.63) is 54.1 Å². The van der Waals surface area contributed by atoms with Gasteiger partial charge in [0.2, 0.25) is 11.7 Å². The fourth-order valence-corrected chi connectivity index (χ4v) is 2.18. The molecule has 0 aliphatic carbocycles. The largest absolute Gasteiger partial charge is 0.334 e. The average molecular weight is 321 g/mol. The zero-order valence-corrected chi connectivity index (χ0v) is 13.9. The van der Waals surface area contributed by atoms with Crippen molar-refractivity contribution in [3.8, 4) is 22.8 Å². The Labute approximate surface area is 140 Å². The maximum absolute atomic E-state index is 11.8. The second-order valence-corrected chi connectivity index (χ2v) is 6.01. The van der Waals surface area contributed by atoms with E-state index >= 15 is 0 Å². The van der Waals surface area contributed by atoms with E-state index in [1.54, 1.807) is 0 Å². The van der Waals surface area contributed by atoms with Gasteiger partial charge in [0.25, 0.3) is 5.89 Å². The molecule has 0 unspecified atom stereocenters. The smallest absolute Gasteiger partial charge is 0.258 e. The Morgan fingerprint density at radius 3 is 2.54 bits per heavy atom. The topological polar surface area (TPSA) is 68.0 Å². The number of carbonyl (C=O) groups excluding carboxylic acids is 1. The Balaban J connectivity index is 1.85. The number of aryl methyl sites for hydroxylation is 1. The molecule has 0 bridgehead atoms. The Hall–Kier alpha value is -2.95. The molecule has 2 aromatic carbocycles. The van der Waals surface area contributed by atoms with Gasteiger partial charge in [0, 0.05) is 22.7 Å². The van der Waals surface area contributed by atoms with Crippen LogP contribution >= 0.6 is 0 Å². The third kappa shape index (κ3) is 3.51. The van der Waals surface area contributed by atoms with E-state index in [1.807, 2.05) is 69.3 Å². The number of nitrogens with one attached hydrogen (secondary N) is 1. The summed E-state index contributed by atoms with van der Waals surface area (Å²) in [5.41, 5.74) is 3.56. The van der Waals surface area contributed by atoms with Gasteiger partial charge in [-0.1, -0.05) is 54.9 Å². The maximum Gasteiger partial charge on any atom is 0.258 e. The van der Waals surface area contributed by atoms with Gasteiger partial charge >= 0.3 is 0 Å². The minimum absolute atomic E-state index is 0.0296. The number of hydrogen-bond acceptors (Lipinski definition) is 4. The van der Waals surface area contributed by atoms with E-state index in [0.717, 1.165) is 11.1 Å². The molecule has 3 aromatic rings. The molecule has 1 aromatic heterocycles. The number of hydrogen-bond donors (Lipinski definition) is 1. The summed E-state index contributed by atoms with van der Waals surface area (Å²) in [6.07, 6.45) is 0. The summed E-state index contributed by atoms with van der Waals surface area (Å²) in [5.74, 6) is 0.857. The van der Waals surface area contributed by atoms with Gasteiger partial charge in [-0.3, -0.25) is 4.79 Å². The van der Waals surface area contributed by atoms with Gasteiger partial charge in [0.15, 0.2) is 0 Å². The van der Waals surface area contributed by atoms with E-state index in [9.17, 15) is 4.79 Å². The van der Waals surface area contributed by atoms with Crippen molar-refractivity contribution in [2.24, 2.45) is 5.92 Å². The molecule has 0 saturated heterocycles. The molecule has 0 atom stereocenters. The highest BCUT2D eigenvalue weighted by Gasteiger charge is 2.12. The molecule has 0 radical (unpaired) electrons. The van der Waals surface area contributed by atoms with Crippen molar-refractivity contribution < 1.29 is 9.32 Å². The predicted octanol–water partition coefficient (Wildman–Crippen LogP) is 4.31. The summed E-state index contributed by atoms with van der Waals surface area (Å²) in [4.78, 5) is 16.3. The van der Waals surface area contributed by atoms with Gasteiger partial charge in [0.1, 0.15) is 0 Å². The molecular formula is C19H19N3O2. The molecule has 1 N–H and O–H groups in total. The number of rotatable bonds is 4. The van der Waals surface area contributed by atoms with Crippen molar-refractivity contribution in [1.82, 2.24) is 10.1 Å². The van der Waals surface area contributed by atoms with Crippen LogP contribution in [0.1, 0.15) is 19.4 Å². The summed E-state index contributed by atoms with van der Waals surface area (Å²) in [7, 11) is 0. The second kappa shape index (κ2) is 6.66. The van der Waals surface area contributed by atoms with Crippen LogP contribution in [0.3, 0.4) is 0 Å². The fourth-order valence-electron chi connectivity index (χ4n) is 2.18. The molecule has 24 heavy (non-hydrogen) atoms. The molecule has 0 aliphatic rings. The molecule has 0 saturated carbocycles. The van der Waals surface area contributed by atoms with Crippen molar-refractivity contribution in [1.29, 1.82) is 0 Å². The first kappa shape index (κ1) is 15.9. The monoisotopic (exact) mass is 321 g/mol. The summed E-state index contributed by atoms with van der Waals surface area (Å²) < 4.78 is 5.37. The predicted molar refractivity (Wildman–Crippen MR) is 93.4 cm³/mol. The van der Waals surface area contributed by atoms with Gasteiger partial charge in [-0.15, -0.1) is 0 Å². The van der Waals surface area contributed by atoms with Crippen LogP contribution in [-0.2, 0) is 4.79 Å². The Kier molecular flexibility index (Phi) is 4.42. The van der Waals surface area contributed by atoms with Gasteiger partial charge < -0.3 is 9.84 Å². The fraction of sp³-hybridized carbons (Fsp3) is 0.211. The first-order valence-corrected chi connectivity index (χ1v) is 7.85. The van der Waals surface area contributed by atoms with E-state index in [0.29, 0.717) is 17.4 Å². The maximum atomic E-state index is 11.8. The third-order valence-corrected chi connectivity index (χ3v) is 3.64. The number of nitrogens with zero attached hydrogens (tertiary/aromatic N) is 2. The number of carbonyl (C=O) groups is 1. The summed E-state index contributed by atoms with van der Waals surface area (Å²) in [6.45, 7) is 5.73. The van der Waals surface area contributed by atoms with Crippen molar-refractivity contribution in [3.63, 3.8) is 0 Å². The molecule has 1 heterocycles. The lowest BCUT2D eigenvalue weighted by Gasteiger charge is -2.07. The van der Waals surface area contributed by atoms with Crippen molar-refractivity contribution in [2.75, 3.05) is 5.32 Å². The number of benzene rings is 2. The molecule has 122 valence electrons. The van der Waals surface area contributed by atoms with E-state index in [2.05, 4.69) is 15.5 Å². The van der Waals surface area contributed by atoms with Crippen molar-refractivity contribution >= 4 is 11.6 Å². The first-order chi connectivity index (χ1) is 11.5. The molecule has 0 aliphatic heterocycles. The first-order valence-electron chi connectivity index (χ1n) is 7.85. The number of amides is 1. The van der Waals surface area contributed by atoms with Crippen LogP contribution in [0.2, 0.25) is 0 Å². The minimum Gasteiger partial charge on any atom is -0.334 e. The van der Waals surface area contributed by atoms with Crippen LogP contribution in [-0.4, -0.2) is 16.0 Å². The van der Waals surface area contributed by atoms with Crippen molar-refractivity contribution in [2.45, 2.75) is 20.8 Å². The zero-order valence-electron chi connectivity index (χ0n) is 13.9. The third-order valence-electron chi connectivity index (χ3n) is 3.64. The summed E-state index contributed by atoms with van der Waals surface area (Å²) in [5, 5.41) is 6.91. The zero-order chi connectivity index (χ0) is 17.1. The molecule has 0 spiro atoms. The Morgan fingerprint density at radius 2 is 1.83 bits per heavy atom. The van der Waals surface area contributed by atoms with E-state index in [4.69, 9.17) is 4.52 Å². The van der Waals surface area contributed by atoms with E-state index in [1.165, 1.54) is 5.56 Å². The highest BCUT2D eigenvalue weighted by Crippen LogP contribution is 2.24. The molecule has 3 rings (SSSR count). The Bertz CT molecular complexity index is 851. The highest BCUT2D eigenvalue weighted by molar-refractivity contribution is 5.92. The van der Waals surface area contributed by atoms with Crippen LogP contribution < -0.4 is 5.32 Å². The van der Waals surface area contributed by atoms with Crippen LogP contribution in [0.15, 0.2) is 53.1 Å². The Morgan fingerprint density at radius 1 is 1.08 bits per heavy atom. The van der Waals surface area contributed by atoms with E-state index in [-0.39, 0.29) is 11.8 Å². The van der Waals surface area contributed by atoms with Gasteiger partial charge in [-0.2, -0.15) is 4.98 Å². The molecule has 5 nitrogen and oxygen atoms in total. The standard InChI is InChI=1S/C19H19N3O2/c1-12(2)18(23)20-16-6-4-5-15(11-16)19-21-17(22-24-19)14-9-7-13(3)8-10-14/h4-12H,1-3H3,(H,20,23). The van der Waals surface area contributed by atoms with Gasteiger partial charge in [0.05, 0.1) is 0 Å². The van der Waals surface area contributed by atoms with Crippen LogP contribution in [0.25, 0.3) is 22.8 Å². The summed E-state index contributed by atoms with van der Waals surface area (Å²) >= 11 is 0. The highest BCUT2D eigenvalue weighted by atomic mass is 16.5. The van der Waals surface area contributed by atoms with Gasteiger partial charge in [-0.25, -0.2) is 0 Å². The lowest BCUT2D eigenvalue weighted by molar-refractivity contribution is -0.118. The van der Waals surface area contributed by atoms with Crippen LogP contribution in [0.5, 0.6) is 0 Å². The number of aromatic nitrogens is 2. The normalized spacial score (nSPS) is 10.8. The average Bonchev–Trinajstić information content (AvgIpc) is 3.05.